The molecule has 0 amide bonds. The Balaban J connectivity index is 1.77. The summed E-state index contributed by atoms with van der Waals surface area (Å²) in [5.41, 5.74) is 14.4. The van der Waals surface area contributed by atoms with Gasteiger partial charge in [-0.25, -0.2) is 4.98 Å². The fraction of sp³-hybridized carbons (Fsp3) is 0.250. The molecule has 33 heavy (non-hydrogen) atoms. The van der Waals surface area contributed by atoms with Gasteiger partial charge in [0, 0.05) is 23.3 Å². The molecule has 1 aliphatic carbocycles. The average Bonchev–Trinajstić information content (AvgIpc) is 3.35. The highest BCUT2D eigenvalue weighted by Gasteiger charge is 2.36. The molecule has 0 fully saturated rings. The monoisotopic (exact) mass is 471 g/mol. The summed E-state index contributed by atoms with van der Waals surface area (Å²) in [6.45, 7) is 0. The van der Waals surface area contributed by atoms with Crippen LogP contribution in [0.3, 0.4) is 0 Å². The van der Waals surface area contributed by atoms with E-state index in [1.54, 1.807) is 19.2 Å². The maximum atomic E-state index is 11.1. The number of rotatable bonds is 7. The van der Waals surface area contributed by atoms with Crippen molar-refractivity contribution in [3.05, 3.63) is 45.5 Å². The Morgan fingerprint density at radius 1 is 1.21 bits per heavy atom. The maximum Gasteiger partial charge on any atom is 0.271 e. The quantitative estimate of drug-likeness (QED) is 0.202. The van der Waals surface area contributed by atoms with Crippen molar-refractivity contribution in [2.75, 3.05) is 21.3 Å². The van der Waals surface area contributed by atoms with E-state index in [1.165, 1.54) is 38.1 Å². The van der Waals surface area contributed by atoms with Crippen molar-refractivity contribution in [2.45, 2.75) is 16.8 Å². The third-order valence-electron chi connectivity index (χ3n) is 5.08. The lowest BCUT2D eigenvalue weighted by Gasteiger charge is -2.15. The number of nitrogens with two attached hydrogens (primary N) is 2. The first-order valence-electron chi connectivity index (χ1n) is 9.65. The highest BCUT2D eigenvalue weighted by molar-refractivity contribution is 8.00. The van der Waals surface area contributed by atoms with Crippen LogP contribution in [0, 0.1) is 10.1 Å². The highest BCUT2D eigenvalue weighted by atomic mass is 32.2. The van der Waals surface area contributed by atoms with Crippen LogP contribution < -0.4 is 25.7 Å². The number of nitro benzene ring substituents is 1. The largest absolute Gasteiger partial charge is 0.493 e. The minimum Gasteiger partial charge on any atom is -0.493 e. The van der Waals surface area contributed by atoms with Crippen molar-refractivity contribution < 1.29 is 19.1 Å². The van der Waals surface area contributed by atoms with Crippen molar-refractivity contribution in [1.82, 2.24) is 9.97 Å². The number of guanidine groups is 1. The second-order valence-electron chi connectivity index (χ2n) is 6.99. The van der Waals surface area contributed by atoms with Crippen molar-refractivity contribution in [2.24, 2.45) is 21.7 Å². The van der Waals surface area contributed by atoms with Crippen LogP contribution in [0.25, 0.3) is 11.0 Å². The summed E-state index contributed by atoms with van der Waals surface area (Å²) >= 11 is 1.40. The molecule has 4 rings (SSSR count). The maximum absolute atomic E-state index is 11.1. The molecular formula is C20H21N7O5S. The minimum atomic E-state index is -0.451. The van der Waals surface area contributed by atoms with Gasteiger partial charge in [0.25, 0.3) is 5.69 Å². The first kappa shape index (κ1) is 22.2. The number of nitrogens with zero attached hydrogens (tertiary/aromatic N) is 4. The Labute approximate surface area is 192 Å². The van der Waals surface area contributed by atoms with E-state index < -0.39 is 4.92 Å². The Hall–Kier alpha value is -4.00. The topological polar surface area (TPSA) is 176 Å². The molecule has 3 aromatic rings. The van der Waals surface area contributed by atoms with E-state index in [-0.39, 0.29) is 16.9 Å². The molecule has 0 saturated carbocycles. The smallest absolute Gasteiger partial charge is 0.271 e. The predicted molar refractivity (Wildman–Crippen MR) is 125 cm³/mol. The fourth-order valence-electron chi connectivity index (χ4n) is 3.71. The summed E-state index contributed by atoms with van der Waals surface area (Å²) in [5, 5.41) is 19.6. The van der Waals surface area contributed by atoms with Crippen LogP contribution in [0.15, 0.2) is 39.6 Å². The Morgan fingerprint density at radius 2 is 1.97 bits per heavy atom. The van der Waals surface area contributed by atoms with Crippen LogP contribution in [-0.2, 0) is 6.42 Å². The number of nitro groups is 1. The molecule has 1 aliphatic rings. The standard InChI is InChI=1S/C20H21N7O5S/c1-30-14-7-10-11(17(31-2)18(14)32-3)8-15(16(10)25-26-19(21)22)33-20-23-12-5-4-9(27(28)29)6-13(12)24-20/h4-7,15H,8H2,1-3H3,(H,23,24)(H4,21,22,26)/b25-16+. The number of methoxy groups -OCH3 is 3. The summed E-state index contributed by atoms with van der Waals surface area (Å²) in [5.74, 6) is 1.31. The molecule has 1 atom stereocenters. The molecular weight excluding hydrogens is 450 g/mol. The molecule has 1 aromatic heterocycles. The van der Waals surface area contributed by atoms with E-state index in [0.717, 1.165) is 11.1 Å². The molecule has 0 saturated heterocycles. The minimum absolute atomic E-state index is 0.0186. The van der Waals surface area contributed by atoms with Crippen LogP contribution in [-0.4, -0.2) is 53.1 Å². The lowest BCUT2D eigenvalue weighted by Crippen LogP contribution is -2.22. The number of fused-ring (bicyclic) bond motifs is 2. The summed E-state index contributed by atoms with van der Waals surface area (Å²) in [6, 6.07) is 6.27. The Bertz CT molecular complexity index is 1300. The lowest BCUT2D eigenvalue weighted by molar-refractivity contribution is -0.384. The van der Waals surface area contributed by atoms with E-state index in [1.807, 2.05) is 0 Å². The fourth-order valence-corrected chi connectivity index (χ4v) is 4.83. The zero-order valence-electron chi connectivity index (χ0n) is 18.0. The van der Waals surface area contributed by atoms with E-state index in [0.29, 0.717) is 45.6 Å². The van der Waals surface area contributed by atoms with Crippen LogP contribution >= 0.6 is 11.8 Å². The van der Waals surface area contributed by atoms with Gasteiger partial charge in [-0.1, -0.05) is 11.8 Å². The van der Waals surface area contributed by atoms with Gasteiger partial charge in [-0.15, -0.1) is 5.10 Å². The van der Waals surface area contributed by atoms with Crippen molar-refractivity contribution >= 4 is 40.2 Å². The number of benzene rings is 2. The number of aromatic amines is 1. The molecule has 0 aliphatic heterocycles. The Kier molecular flexibility index (Phi) is 5.96. The van der Waals surface area contributed by atoms with Crippen molar-refractivity contribution in [3.63, 3.8) is 0 Å². The summed E-state index contributed by atoms with van der Waals surface area (Å²) in [4.78, 5) is 18.3. The van der Waals surface area contributed by atoms with Crippen molar-refractivity contribution in [1.29, 1.82) is 0 Å². The molecule has 0 spiro atoms. The van der Waals surface area contributed by atoms with Gasteiger partial charge >= 0.3 is 0 Å². The zero-order valence-corrected chi connectivity index (χ0v) is 18.8. The van der Waals surface area contributed by atoms with E-state index in [9.17, 15) is 10.1 Å². The SMILES string of the molecule is COc1cc2c(c(OC)c1OC)CC(Sc1nc3ccc([N+](=O)[O-])cc3[nH]1)/C2=N/N=C(N)N. The highest BCUT2D eigenvalue weighted by Crippen LogP contribution is 2.47. The first-order chi connectivity index (χ1) is 15.9. The number of non-ortho nitro benzene ring substituents is 1. The third-order valence-corrected chi connectivity index (χ3v) is 6.18. The molecule has 172 valence electrons. The molecule has 13 heteroatoms. The van der Waals surface area contributed by atoms with Gasteiger partial charge in [-0.3, -0.25) is 10.1 Å². The summed E-state index contributed by atoms with van der Waals surface area (Å²) in [7, 11) is 4.62. The van der Waals surface area contributed by atoms with Crippen LogP contribution in [0.4, 0.5) is 5.69 Å². The summed E-state index contributed by atoms with van der Waals surface area (Å²) in [6.07, 6.45) is 0.527. The number of nitrogens with one attached hydrogen (secondary N) is 1. The van der Waals surface area contributed by atoms with Crippen LogP contribution in [0.2, 0.25) is 0 Å². The zero-order chi connectivity index (χ0) is 23.7. The third kappa shape index (κ3) is 4.09. The van der Waals surface area contributed by atoms with Gasteiger partial charge in [0.2, 0.25) is 11.7 Å². The van der Waals surface area contributed by atoms with Gasteiger partial charge in [0.1, 0.15) is 0 Å². The number of aromatic nitrogens is 2. The van der Waals surface area contributed by atoms with Gasteiger partial charge in [-0.05, 0) is 18.6 Å². The van der Waals surface area contributed by atoms with Gasteiger partial charge in [0.05, 0.1) is 48.2 Å². The van der Waals surface area contributed by atoms with Gasteiger partial charge < -0.3 is 30.7 Å². The normalized spacial score (nSPS) is 16.0. The van der Waals surface area contributed by atoms with Gasteiger partial charge in [-0.2, -0.15) is 5.10 Å². The van der Waals surface area contributed by atoms with E-state index in [4.69, 9.17) is 25.7 Å². The number of hydrogen-bond acceptors (Lipinski definition) is 9. The second-order valence-corrected chi connectivity index (χ2v) is 8.18. The lowest BCUT2D eigenvalue weighted by atomic mass is 10.1. The number of thioether (sulfide) groups is 1. The number of ether oxygens (including phenoxy) is 3. The molecule has 2 aromatic carbocycles. The predicted octanol–water partition coefficient (Wildman–Crippen LogP) is 2.19. The molecule has 1 heterocycles. The van der Waals surface area contributed by atoms with Gasteiger partial charge in [0.15, 0.2) is 16.7 Å². The van der Waals surface area contributed by atoms with E-state index >= 15 is 0 Å². The number of imidazole rings is 1. The number of hydrogen-bond donors (Lipinski definition) is 3. The van der Waals surface area contributed by atoms with Crippen LogP contribution in [0.5, 0.6) is 17.2 Å². The van der Waals surface area contributed by atoms with E-state index in [2.05, 4.69) is 20.2 Å². The molecule has 0 bridgehead atoms. The van der Waals surface area contributed by atoms with Crippen LogP contribution in [0.1, 0.15) is 11.1 Å². The summed E-state index contributed by atoms with van der Waals surface area (Å²) < 4.78 is 16.6. The molecule has 1 unspecified atom stereocenters. The molecule has 0 radical (unpaired) electrons. The molecule has 12 nitrogen and oxygen atoms in total. The first-order valence-corrected chi connectivity index (χ1v) is 10.5. The Morgan fingerprint density at radius 3 is 2.61 bits per heavy atom. The van der Waals surface area contributed by atoms with Crippen molar-refractivity contribution in [3.8, 4) is 17.2 Å². The number of H-pyrrole nitrogens is 1. The average molecular weight is 471 g/mol. The molecule has 5 N–H and O–H groups in total. The second kappa shape index (κ2) is 8.86.